The molecule has 5 nitrogen and oxygen atoms in total. The van der Waals surface area contributed by atoms with Crippen LogP contribution in [0.15, 0.2) is 0 Å². The molecule has 1 atom stereocenters. The SMILES string of the molecule is O=C1[C@H](OCC2CC2)C2(CCOCC2)N1C1CCNCC1. The number of likely N-dealkylation sites (tertiary alicyclic amines) is 1. The summed E-state index contributed by atoms with van der Waals surface area (Å²) in [5.74, 6) is 0.951. The Morgan fingerprint density at radius 2 is 1.90 bits per heavy atom. The predicted molar refractivity (Wildman–Crippen MR) is 78.0 cm³/mol. The highest BCUT2D eigenvalue weighted by molar-refractivity contribution is 5.90. The van der Waals surface area contributed by atoms with Crippen molar-refractivity contribution >= 4 is 5.91 Å². The summed E-state index contributed by atoms with van der Waals surface area (Å²) >= 11 is 0. The number of β-lactam (4-membered cyclic amide) rings is 1. The molecule has 3 heterocycles. The van der Waals surface area contributed by atoms with E-state index >= 15 is 0 Å². The molecule has 3 saturated heterocycles. The molecule has 1 saturated carbocycles. The van der Waals surface area contributed by atoms with E-state index in [9.17, 15) is 4.79 Å². The predicted octanol–water partition coefficient (Wildman–Crippen LogP) is 0.925. The number of nitrogens with one attached hydrogen (secondary N) is 1. The Balaban J connectivity index is 1.49. The maximum absolute atomic E-state index is 12.7. The van der Waals surface area contributed by atoms with E-state index in [1.807, 2.05) is 0 Å². The van der Waals surface area contributed by atoms with Gasteiger partial charge in [-0.3, -0.25) is 4.79 Å². The second kappa shape index (κ2) is 5.52. The van der Waals surface area contributed by atoms with E-state index in [1.54, 1.807) is 0 Å². The van der Waals surface area contributed by atoms with Crippen LogP contribution in [0.1, 0.15) is 38.5 Å². The number of rotatable bonds is 4. The Morgan fingerprint density at radius 3 is 2.57 bits per heavy atom. The fraction of sp³-hybridized carbons (Fsp3) is 0.938. The van der Waals surface area contributed by atoms with E-state index in [2.05, 4.69) is 10.2 Å². The Hall–Kier alpha value is -0.650. The highest BCUT2D eigenvalue weighted by atomic mass is 16.5. The van der Waals surface area contributed by atoms with Gasteiger partial charge in [-0.05, 0) is 57.5 Å². The van der Waals surface area contributed by atoms with Gasteiger partial charge in [0.1, 0.15) is 0 Å². The third kappa shape index (κ3) is 2.39. The van der Waals surface area contributed by atoms with Crippen LogP contribution in [0.25, 0.3) is 0 Å². The van der Waals surface area contributed by atoms with Crippen LogP contribution in [-0.2, 0) is 14.3 Å². The smallest absolute Gasteiger partial charge is 0.254 e. The van der Waals surface area contributed by atoms with E-state index in [0.29, 0.717) is 12.0 Å². The molecule has 0 aromatic carbocycles. The number of carbonyl (C=O) groups is 1. The summed E-state index contributed by atoms with van der Waals surface area (Å²) in [5, 5.41) is 3.39. The molecule has 1 N–H and O–H groups in total. The zero-order valence-corrected chi connectivity index (χ0v) is 12.7. The molecule has 4 fully saturated rings. The van der Waals surface area contributed by atoms with Gasteiger partial charge in [0.25, 0.3) is 5.91 Å². The third-order valence-electron chi connectivity index (χ3n) is 5.66. The quantitative estimate of drug-likeness (QED) is 0.784. The molecule has 1 spiro atoms. The molecule has 1 aliphatic carbocycles. The monoisotopic (exact) mass is 294 g/mol. The average Bonchev–Trinajstić information content (AvgIpc) is 3.34. The molecule has 0 unspecified atom stereocenters. The Morgan fingerprint density at radius 1 is 1.19 bits per heavy atom. The van der Waals surface area contributed by atoms with E-state index in [1.165, 1.54) is 12.8 Å². The fourth-order valence-corrected chi connectivity index (χ4v) is 4.22. The van der Waals surface area contributed by atoms with Crippen molar-refractivity contribution in [2.24, 2.45) is 5.92 Å². The molecule has 4 rings (SSSR count). The second-order valence-electron chi connectivity index (χ2n) is 7.06. The summed E-state index contributed by atoms with van der Waals surface area (Å²) in [6.45, 7) is 4.35. The highest BCUT2D eigenvalue weighted by Crippen LogP contribution is 2.46. The molecule has 5 heteroatoms. The maximum Gasteiger partial charge on any atom is 0.254 e. The van der Waals surface area contributed by atoms with Crippen LogP contribution in [0.3, 0.4) is 0 Å². The van der Waals surface area contributed by atoms with Gasteiger partial charge in [0.2, 0.25) is 0 Å². The number of carbonyl (C=O) groups excluding carboxylic acids is 1. The first kappa shape index (κ1) is 14.0. The summed E-state index contributed by atoms with van der Waals surface area (Å²) in [4.78, 5) is 14.9. The van der Waals surface area contributed by atoms with Crippen LogP contribution >= 0.6 is 0 Å². The molecule has 4 aliphatic rings. The normalized spacial score (nSPS) is 33.2. The van der Waals surface area contributed by atoms with Crippen LogP contribution in [0.4, 0.5) is 0 Å². The van der Waals surface area contributed by atoms with Crippen molar-refractivity contribution in [3.63, 3.8) is 0 Å². The molecule has 3 aliphatic heterocycles. The summed E-state index contributed by atoms with van der Waals surface area (Å²) in [6, 6.07) is 0.401. The Labute approximate surface area is 126 Å². The number of nitrogens with zero attached hydrogens (tertiary/aromatic N) is 1. The number of amides is 1. The first-order chi connectivity index (χ1) is 10.3. The highest BCUT2D eigenvalue weighted by Gasteiger charge is 2.63. The minimum Gasteiger partial charge on any atom is -0.381 e. The van der Waals surface area contributed by atoms with Gasteiger partial charge in [-0.1, -0.05) is 0 Å². The molecule has 0 aromatic heterocycles. The van der Waals surface area contributed by atoms with Gasteiger partial charge in [0.05, 0.1) is 12.1 Å². The first-order valence-electron chi connectivity index (χ1n) is 8.54. The lowest BCUT2D eigenvalue weighted by Crippen LogP contribution is -2.79. The largest absolute Gasteiger partial charge is 0.381 e. The molecule has 0 bridgehead atoms. The number of ether oxygens (including phenoxy) is 2. The van der Waals surface area contributed by atoms with E-state index < -0.39 is 0 Å². The minimum atomic E-state index is -0.197. The lowest BCUT2D eigenvalue weighted by atomic mass is 9.72. The van der Waals surface area contributed by atoms with Gasteiger partial charge < -0.3 is 19.7 Å². The zero-order valence-electron chi connectivity index (χ0n) is 12.7. The summed E-state index contributed by atoms with van der Waals surface area (Å²) < 4.78 is 11.6. The van der Waals surface area contributed by atoms with E-state index in [4.69, 9.17) is 9.47 Å². The van der Waals surface area contributed by atoms with Crippen molar-refractivity contribution < 1.29 is 14.3 Å². The molecular formula is C16H26N2O3. The van der Waals surface area contributed by atoms with Crippen molar-refractivity contribution in [3.05, 3.63) is 0 Å². The van der Waals surface area contributed by atoms with Crippen LogP contribution in [-0.4, -0.2) is 61.4 Å². The average molecular weight is 294 g/mol. The van der Waals surface area contributed by atoms with E-state index in [0.717, 1.165) is 58.6 Å². The lowest BCUT2D eigenvalue weighted by Gasteiger charge is -2.61. The van der Waals surface area contributed by atoms with Gasteiger partial charge in [0, 0.05) is 19.3 Å². The van der Waals surface area contributed by atoms with Crippen LogP contribution in [0.5, 0.6) is 0 Å². The Bertz CT molecular complexity index is 398. The van der Waals surface area contributed by atoms with Crippen LogP contribution < -0.4 is 5.32 Å². The van der Waals surface area contributed by atoms with E-state index in [-0.39, 0.29) is 17.6 Å². The second-order valence-corrected chi connectivity index (χ2v) is 7.06. The third-order valence-corrected chi connectivity index (χ3v) is 5.66. The maximum atomic E-state index is 12.7. The molecule has 118 valence electrons. The summed E-state index contributed by atoms with van der Waals surface area (Å²) in [5.41, 5.74) is -0.0633. The van der Waals surface area contributed by atoms with Gasteiger partial charge in [-0.15, -0.1) is 0 Å². The molecular weight excluding hydrogens is 268 g/mol. The number of hydrogen-bond acceptors (Lipinski definition) is 4. The standard InChI is InChI=1S/C16H26N2O3/c19-15-14(21-11-12-1-2-12)16(5-9-20-10-6-16)18(15)13-3-7-17-8-4-13/h12-14,17H,1-11H2/t14-/m0/s1. The summed E-state index contributed by atoms with van der Waals surface area (Å²) in [7, 11) is 0. The molecule has 0 radical (unpaired) electrons. The van der Waals surface area contributed by atoms with Crippen molar-refractivity contribution in [3.8, 4) is 0 Å². The van der Waals surface area contributed by atoms with Gasteiger partial charge in [-0.25, -0.2) is 0 Å². The number of piperidine rings is 1. The molecule has 21 heavy (non-hydrogen) atoms. The van der Waals surface area contributed by atoms with Crippen molar-refractivity contribution in [1.82, 2.24) is 10.2 Å². The number of hydrogen-bond donors (Lipinski definition) is 1. The van der Waals surface area contributed by atoms with Crippen molar-refractivity contribution in [2.75, 3.05) is 32.9 Å². The van der Waals surface area contributed by atoms with Crippen LogP contribution in [0.2, 0.25) is 0 Å². The minimum absolute atomic E-state index is 0.0633. The molecule has 0 aromatic rings. The topological polar surface area (TPSA) is 50.8 Å². The lowest BCUT2D eigenvalue weighted by molar-refractivity contribution is -0.218. The Kier molecular flexibility index (Phi) is 3.67. The fourth-order valence-electron chi connectivity index (χ4n) is 4.22. The van der Waals surface area contributed by atoms with Crippen molar-refractivity contribution in [2.45, 2.75) is 56.2 Å². The van der Waals surface area contributed by atoms with Crippen molar-refractivity contribution in [1.29, 1.82) is 0 Å². The van der Waals surface area contributed by atoms with Crippen LogP contribution in [0, 0.1) is 5.92 Å². The van der Waals surface area contributed by atoms with Gasteiger partial charge >= 0.3 is 0 Å². The van der Waals surface area contributed by atoms with Gasteiger partial charge in [0.15, 0.2) is 6.10 Å². The molecule has 1 amide bonds. The summed E-state index contributed by atoms with van der Waals surface area (Å²) in [6.07, 6.45) is 6.38. The van der Waals surface area contributed by atoms with Gasteiger partial charge in [-0.2, -0.15) is 0 Å². The zero-order chi connectivity index (χ0) is 14.3. The first-order valence-corrected chi connectivity index (χ1v) is 8.54.